The van der Waals surface area contributed by atoms with Crippen LogP contribution in [0.3, 0.4) is 0 Å². The number of unbranched alkanes of at least 4 members (excludes halogenated alkanes) is 1. The number of benzene rings is 1. The van der Waals surface area contributed by atoms with Gasteiger partial charge in [0.1, 0.15) is 17.7 Å². The first-order valence-corrected chi connectivity index (χ1v) is 12.0. The number of rotatable bonds is 10. The molecule has 2 N–H and O–H groups in total. The fourth-order valence-corrected chi connectivity index (χ4v) is 3.47. The molecule has 0 heterocycles. The lowest BCUT2D eigenvalue weighted by Gasteiger charge is -2.38. The summed E-state index contributed by atoms with van der Waals surface area (Å²) in [5.74, 6) is 1.71. The molecule has 3 amide bonds. The summed E-state index contributed by atoms with van der Waals surface area (Å²) in [6, 6.07) is 4.99. The number of nitrogens with one attached hydrogen (secondary N) is 2. The molecule has 0 aliphatic carbocycles. The molecule has 2 unspecified atom stereocenters. The third kappa shape index (κ3) is 8.74. The molecule has 1 aromatic rings. The third-order valence-electron chi connectivity index (χ3n) is 5.16. The number of hydrogen-bond donors (Lipinski definition) is 2. The molecule has 0 saturated heterocycles. The number of ether oxygens (including phenoxy) is 1. The van der Waals surface area contributed by atoms with E-state index in [1.165, 1.54) is 4.90 Å². The minimum Gasteiger partial charge on any atom is -0.444 e. The lowest BCUT2D eigenvalue weighted by molar-refractivity contribution is -0.145. The Balaban J connectivity index is 3.40. The number of terminal acetylenes is 1. The minimum absolute atomic E-state index is 0.228. The first-order valence-electron chi connectivity index (χ1n) is 12.0. The van der Waals surface area contributed by atoms with Crippen LogP contribution in [0.2, 0.25) is 0 Å². The molecule has 0 saturated carbocycles. The van der Waals surface area contributed by atoms with Gasteiger partial charge in [0.05, 0.1) is 0 Å². The number of nitrogens with zero attached hydrogens (tertiary/aromatic N) is 1. The second-order valence-corrected chi connectivity index (χ2v) is 10.0. The van der Waals surface area contributed by atoms with E-state index in [0.29, 0.717) is 17.7 Å². The van der Waals surface area contributed by atoms with Crippen molar-refractivity contribution >= 4 is 17.9 Å². The summed E-state index contributed by atoms with van der Waals surface area (Å²) < 4.78 is 5.37. The van der Waals surface area contributed by atoms with E-state index < -0.39 is 23.8 Å². The molecule has 7 heteroatoms. The number of hydrogen-bond acceptors (Lipinski definition) is 4. The number of carbonyl (C=O) groups is 3. The van der Waals surface area contributed by atoms with Crippen LogP contribution in [0.4, 0.5) is 4.79 Å². The first kappa shape index (κ1) is 29.0. The second kappa shape index (κ2) is 13.0. The van der Waals surface area contributed by atoms with Crippen LogP contribution in [-0.4, -0.2) is 47.0 Å². The lowest BCUT2D eigenvalue weighted by Crippen LogP contribution is -2.56. The van der Waals surface area contributed by atoms with Crippen LogP contribution in [0.5, 0.6) is 0 Å². The van der Waals surface area contributed by atoms with Gasteiger partial charge < -0.3 is 20.3 Å². The van der Waals surface area contributed by atoms with Crippen molar-refractivity contribution in [2.45, 2.75) is 92.0 Å². The van der Waals surface area contributed by atoms with Gasteiger partial charge in [-0.25, -0.2) is 4.79 Å². The monoisotopic (exact) mass is 471 g/mol. The molecule has 0 bridgehead atoms. The van der Waals surface area contributed by atoms with Gasteiger partial charge in [-0.3, -0.25) is 9.59 Å². The molecule has 0 aliphatic rings. The van der Waals surface area contributed by atoms with Crippen molar-refractivity contribution in [3.05, 3.63) is 35.4 Å². The van der Waals surface area contributed by atoms with Gasteiger partial charge in [0, 0.05) is 18.2 Å². The van der Waals surface area contributed by atoms with Crippen molar-refractivity contribution < 1.29 is 19.1 Å². The zero-order valence-electron chi connectivity index (χ0n) is 21.9. The largest absolute Gasteiger partial charge is 0.444 e. The van der Waals surface area contributed by atoms with Crippen LogP contribution in [0.15, 0.2) is 24.3 Å². The Kier molecular flexibility index (Phi) is 11.1. The Morgan fingerprint density at radius 3 is 2.12 bits per heavy atom. The van der Waals surface area contributed by atoms with E-state index in [2.05, 4.69) is 16.6 Å². The summed E-state index contributed by atoms with van der Waals surface area (Å²) in [6.45, 7) is 15.2. The Bertz CT molecular complexity index is 863. The van der Waals surface area contributed by atoms with E-state index in [0.717, 1.165) is 12.8 Å². The predicted molar refractivity (Wildman–Crippen MR) is 135 cm³/mol. The summed E-state index contributed by atoms with van der Waals surface area (Å²) in [5, 5.41) is 5.67. The highest BCUT2D eigenvalue weighted by Gasteiger charge is 2.38. The molecule has 0 radical (unpaired) electrons. The van der Waals surface area contributed by atoms with Gasteiger partial charge in [-0.1, -0.05) is 45.2 Å². The highest BCUT2D eigenvalue weighted by Crippen LogP contribution is 2.26. The fourth-order valence-electron chi connectivity index (χ4n) is 3.47. The molecule has 34 heavy (non-hydrogen) atoms. The zero-order valence-corrected chi connectivity index (χ0v) is 21.9. The van der Waals surface area contributed by atoms with Gasteiger partial charge in [-0.15, -0.1) is 6.42 Å². The van der Waals surface area contributed by atoms with Gasteiger partial charge in [0.2, 0.25) is 11.8 Å². The highest BCUT2D eigenvalue weighted by atomic mass is 16.6. The van der Waals surface area contributed by atoms with E-state index in [1.54, 1.807) is 45.0 Å². The van der Waals surface area contributed by atoms with Crippen molar-refractivity contribution in [3.63, 3.8) is 0 Å². The molecule has 2 atom stereocenters. The minimum atomic E-state index is -0.877. The summed E-state index contributed by atoms with van der Waals surface area (Å²) in [5.41, 5.74) is 0.630. The Morgan fingerprint density at radius 2 is 1.68 bits per heavy atom. The molecule has 0 aromatic heterocycles. The topological polar surface area (TPSA) is 87.7 Å². The van der Waals surface area contributed by atoms with Crippen molar-refractivity contribution in [1.82, 2.24) is 15.5 Å². The molecule has 0 fully saturated rings. The molecule has 7 nitrogen and oxygen atoms in total. The van der Waals surface area contributed by atoms with Gasteiger partial charge >= 0.3 is 6.09 Å². The van der Waals surface area contributed by atoms with Gasteiger partial charge in [-0.05, 0) is 64.7 Å². The molecule has 0 spiro atoms. The molecular formula is C27H41N3O4. The Hall–Kier alpha value is -3.01. The summed E-state index contributed by atoms with van der Waals surface area (Å²) in [4.78, 5) is 41.2. The van der Waals surface area contributed by atoms with Crippen LogP contribution in [0.1, 0.15) is 85.4 Å². The van der Waals surface area contributed by atoms with Crippen LogP contribution >= 0.6 is 0 Å². The van der Waals surface area contributed by atoms with Gasteiger partial charge in [0.25, 0.3) is 0 Å². The quantitative estimate of drug-likeness (QED) is 0.391. The second-order valence-electron chi connectivity index (χ2n) is 10.0. The maximum atomic E-state index is 13.8. The van der Waals surface area contributed by atoms with Crippen LogP contribution in [0, 0.1) is 18.3 Å². The van der Waals surface area contributed by atoms with E-state index in [-0.39, 0.29) is 23.8 Å². The molecule has 188 valence electrons. The van der Waals surface area contributed by atoms with Crippen LogP contribution in [-0.2, 0) is 14.3 Å². The molecular weight excluding hydrogens is 430 g/mol. The average Bonchev–Trinajstić information content (AvgIpc) is 2.73. The van der Waals surface area contributed by atoms with E-state index >= 15 is 0 Å². The number of carbonyl (C=O) groups excluding carboxylic acids is 3. The Morgan fingerprint density at radius 1 is 1.09 bits per heavy atom. The van der Waals surface area contributed by atoms with E-state index in [9.17, 15) is 14.4 Å². The van der Waals surface area contributed by atoms with E-state index in [4.69, 9.17) is 11.2 Å². The van der Waals surface area contributed by atoms with Crippen LogP contribution in [0.25, 0.3) is 0 Å². The normalized spacial score (nSPS) is 13.1. The summed E-state index contributed by atoms with van der Waals surface area (Å²) in [7, 11) is 0. The Labute approximate surface area is 205 Å². The van der Waals surface area contributed by atoms with Gasteiger partial charge in [0.15, 0.2) is 0 Å². The highest BCUT2D eigenvalue weighted by molar-refractivity contribution is 5.92. The van der Waals surface area contributed by atoms with Gasteiger partial charge in [-0.2, -0.15) is 0 Å². The maximum Gasteiger partial charge on any atom is 0.408 e. The van der Waals surface area contributed by atoms with Crippen molar-refractivity contribution in [1.29, 1.82) is 0 Å². The van der Waals surface area contributed by atoms with Crippen molar-refractivity contribution in [2.24, 2.45) is 5.92 Å². The first-order chi connectivity index (χ1) is 15.8. The summed E-state index contributed by atoms with van der Waals surface area (Å²) in [6.07, 6.45) is 6.58. The smallest absolute Gasteiger partial charge is 0.408 e. The zero-order chi connectivity index (χ0) is 26.1. The molecule has 1 aromatic carbocycles. The van der Waals surface area contributed by atoms with Crippen molar-refractivity contribution in [2.75, 3.05) is 6.54 Å². The third-order valence-corrected chi connectivity index (χ3v) is 5.16. The maximum absolute atomic E-state index is 13.8. The number of amides is 3. The number of alkyl carbamates (subject to hydrolysis) is 1. The lowest BCUT2D eigenvalue weighted by atomic mass is 9.97. The van der Waals surface area contributed by atoms with E-state index in [1.807, 2.05) is 34.6 Å². The molecule has 1 rings (SSSR count). The molecule has 0 aliphatic heterocycles. The van der Waals surface area contributed by atoms with Crippen LogP contribution < -0.4 is 10.6 Å². The summed E-state index contributed by atoms with van der Waals surface area (Å²) >= 11 is 0. The predicted octanol–water partition coefficient (Wildman–Crippen LogP) is 4.41. The SMILES string of the molecule is C#Cc1ccc(C(C(=O)NCCCC)N(C(=O)C(NC(=O)OC(C)(C)C)C(C)C)C(C)C)cc1. The standard InChI is InChI=1S/C27H41N3O4/c1-10-12-17-28-24(31)23(21-15-13-20(11-2)14-16-21)30(19(5)6)25(32)22(18(3)4)29-26(33)34-27(7,8)9/h2,13-16,18-19,22-23H,10,12,17H2,1,3-9H3,(H,28,31)(H,29,33). The average molecular weight is 472 g/mol. The van der Waals surface area contributed by atoms with Crippen molar-refractivity contribution in [3.8, 4) is 12.3 Å². The fraction of sp³-hybridized carbons (Fsp3) is 0.593.